The highest BCUT2D eigenvalue weighted by atomic mass is 16.6. The van der Waals surface area contributed by atoms with Crippen molar-refractivity contribution in [2.45, 2.75) is 25.1 Å². The number of hydrogen-bond acceptors (Lipinski definition) is 5. The number of amides is 1. The third-order valence-electron chi connectivity index (χ3n) is 4.56. The third kappa shape index (κ3) is 4.67. The predicted molar refractivity (Wildman–Crippen MR) is 87.0 cm³/mol. The number of piperidine rings is 1. The number of likely N-dealkylation sites (tertiary alicyclic amines) is 1. The lowest BCUT2D eigenvalue weighted by Crippen LogP contribution is -2.55. The van der Waals surface area contributed by atoms with Crippen LogP contribution in [0.15, 0.2) is 30.3 Å². The van der Waals surface area contributed by atoms with Crippen molar-refractivity contribution in [3.05, 3.63) is 35.9 Å². The summed E-state index contributed by atoms with van der Waals surface area (Å²) in [5.74, 6) is 0. The van der Waals surface area contributed by atoms with E-state index in [2.05, 4.69) is 34.1 Å². The van der Waals surface area contributed by atoms with Gasteiger partial charge in [0.1, 0.15) is 6.10 Å². The fraction of sp³-hybridized carbons (Fsp3) is 0.588. The Bertz CT molecular complexity index is 505. The molecule has 2 atom stereocenters. The van der Waals surface area contributed by atoms with Crippen LogP contribution in [0.1, 0.15) is 12.0 Å². The lowest BCUT2D eigenvalue weighted by Gasteiger charge is -2.43. The maximum absolute atomic E-state index is 11.2. The van der Waals surface area contributed by atoms with E-state index in [0.717, 1.165) is 52.4 Å². The minimum Gasteiger partial charge on any atom is -0.445 e. The van der Waals surface area contributed by atoms with Crippen LogP contribution >= 0.6 is 0 Å². The van der Waals surface area contributed by atoms with Gasteiger partial charge in [-0.1, -0.05) is 30.3 Å². The van der Waals surface area contributed by atoms with Gasteiger partial charge in [0.05, 0.1) is 13.2 Å². The molecular formula is C17H25N3O3. The van der Waals surface area contributed by atoms with Crippen molar-refractivity contribution < 1.29 is 14.3 Å². The number of nitrogens with zero attached hydrogens (tertiary/aromatic N) is 2. The van der Waals surface area contributed by atoms with Gasteiger partial charge in [0, 0.05) is 45.2 Å². The number of primary amides is 1. The van der Waals surface area contributed by atoms with Gasteiger partial charge in [0.25, 0.3) is 0 Å². The summed E-state index contributed by atoms with van der Waals surface area (Å²) in [6.45, 7) is 6.00. The summed E-state index contributed by atoms with van der Waals surface area (Å²) < 4.78 is 10.8. The van der Waals surface area contributed by atoms with Crippen LogP contribution in [0.2, 0.25) is 0 Å². The van der Waals surface area contributed by atoms with Gasteiger partial charge >= 0.3 is 6.09 Å². The zero-order chi connectivity index (χ0) is 16.1. The zero-order valence-corrected chi connectivity index (χ0v) is 13.4. The Morgan fingerprint density at radius 1 is 1.22 bits per heavy atom. The first kappa shape index (κ1) is 16.2. The Hall–Kier alpha value is -1.63. The summed E-state index contributed by atoms with van der Waals surface area (Å²) in [5.41, 5.74) is 6.50. The first-order chi connectivity index (χ1) is 11.2. The molecule has 23 heavy (non-hydrogen) atoms. The van der Waals surface area contributed by atoms with Crippen molar-refractivity contribution in [1.82, 2.24) is 9.80 Å². The summed E-state index contributed by atoms with van der Waals surface area (Å²) in [6.07, 6.45) is 0.0175. The van der Waals surface area contributed by atoms with Crippen molar-refractivity contribution in [2.75, 3.05) is 39.4 Å². The van der Waals surface area contributed by atoms with Crippen molar-refractivity contribution in [3.8, 4) is 0 Å². The lowest BCUT2D eigenvalue weighted by molar-refractivity contribution is -0.0360. The molecule has 2 N–H and O–H groups in total. The molecule has 2 saturated heterocycles. The van der Waals surface area contributed by atoms with Gasteiger partial charge < -0.3 is 15.2 Å². The molecule has 126 valence electrons. The van der Waals surface area contributed by atoms with Crippen LogP contribution in [0.4, 0.5) is 4.79 Å². The van der Waals surface area contributed by atoms with Gasteiger partial charge in [0.15, 0.2) is 0 Å². The Morgan fingerprint density at radius 3 is 2.65 bits per heavy atom. The van der Waals surface area contributed by atoms with E-state index >= 15 is 0 Å². The van der Waals surface area contributed by atoms with Crippen molar-refractivity contribution in [1.29, 1.82) is 0 Å². The number of nitrogens with two attached hydrogens (primary N) is 1. The molecule has 0 aliphatic carbocycles. The zero-order valence-electron chi connectivity index (χ0n) is 13.4. The highest BCUT2D eigenvalue weighted by Gasteiger charge is 2.33. The second-order valence-corrected chi connectivity index (χ2v) is 6.28. The third-order valence-corrected chi connectivity index (χ3v) is 4.56. The number of rotatable bonds is 4. The van der Waals surface area contributed by atoms with Gasteiger partial charge in [0.2, 0.25) is 0 Å². The monoisotopic (exact) mass is 319 g/mol. The molecule has 3 rings (SSSR count). The van der Waals surface area contributed by atoms with Gasteiger partial charge in [-0.3, -0.25) is 9.80 Å². The predicted octanol–water partition coefficient (Wildman–Crippen LogP) is 1.06. The molecule has 2 aliphatic heterocycles. The summed E-state index contributed by atoms with van der Waals surface area (Å²) in [6, 6.07) is 10.8. The van der Waals surface area contributed by atoms with E-state index < -0.39 is 6.09 Å². The van der Waals surface area contributed by atoms with Gasteiger partial charge in [-0.05, 0) is 5.56 Å². The number of hydrogen-bond donors (Lipinski definition) is 1. The fourth-order valence-electron chi connectivity index (χ4n) is 3.54. The largest absolute Gasteiger partial charge is 0.445 e. The van der Waals surface area contributed by atoms with E-state index in [-0.39, 0.29) is 6.10 Å². The first-order valence-electron chi connectivity index (χ1n) is 8.25. The van der Waals surface area contributed by atoms with Gasteiger partial charge in [-0.2, -0.15) is 0 Å². The second-order valence-electron chi connectivity index (χ2n) is 6.28. The molecule has 0 radical (unpaired) electrons. The maximum Gasteiger partial charge on any atom is 0.404 e. The number of carbonyl (C=O) groups is 1. The molecule has 0 unspecified atom stereocenters. The van der Waals surface area contributed by atoms with E-state index in [0.29, 0.717) is 6.04 Å². The summed E-state index contributed by atoms with van der Waals surface area (Å²) in [5, 5.41) is 0. The molecule has 1 aromatic carbocycles. The maximum atomic E-state index is 11.2. The lowest BCUT2D eigenvalue weighted by atomic mass is 10.00. The highest BCUT2D eigenvalue weighted by molar-refractivity contribution is 5.64. The quantitative estimate of drug-likeness (QED) is 0.899. The molecule has 2 heterocycles. The summed E-state index contributed by atoms with van der Waals surface area (Å²) >= 11 is 0. The molecule has 6 nitrogen and oxygen atoms in total. The minimum atomic E-state index is -0.683. The van der Waals surface area contributed by atoms with Crippen molar-refractivity contribution in [3.63, 3.8) is 0 Å². The molecule has 0 bridgehead atoms. The number of morpholine rings is 1. The van der Waals surface area contributed by atoms with Gasteiger partial charge in [-0.15, -0.1) is 0 Å². The molecule has 6 heteroatoms. The molecule has 0 aromatic heterocycles. The standard InChI is InChI=1S/C17H25N3O3/c18-17(21)23-16-10-15(20-6-8-22-9-7-20)12-19(13-16)11-14-4-2-1-3-5-14/h1-5,15-16H,6-13H2,(H2,18,21)/t15-,16-/m0/s1. The number of benzene rings is 1. The average Bonchev–Trinajstić information content (AvgIpc) is 2.56. The topological polar surface area (TPSA) is 68.0 Å². The Kier molecular flexibility index (Phi) is 5.48. The summed E-state index contributed by atoms with van der Waals surface area (Å²) in [4.78, 5) is 16.0. The normalized spacial score (nSPS) is 26.8. The van der Waals surface area contributed by atoms with Crippen LogP contribution in [-0.4, -0.2) is 67.4 Å². The highest BCUT2D eigenvalue weighted by Crippen LogP contribution is 2.21. The Balaban J connectivity index is 1.66. The SMILES string of the molecule is NC(=O)O[C@H]1C[C@H](N2CCOCC2)CN(Cc2ccccc2)C1. The fourth-order valence-corrected chi connectivity index (χ4v) is 3.54. The van der Waals surface area contributed by atoms with Crippen molar-refractivity contribution >= 4 is 6.09 Å². The van der Waals surface area contributed by atoms with Crippen LogP contribution in [0.3, 0.4) is 0 Å². The van der Waals surface area contributed by atoms with Crippen LogP contribution in [0.25, 0.3) is 0 Å². The molecule has 1 amide bonds. The molecule has 2 aliphatic rings. The molecule has 1 aromatic rings. The van der Waals surface area contributed by atoms with Crippen molar-refractivity contribution in [2.24, 2.45) is 5.73 Å². The van der Waals surface area contributed by atoms with E-state index in [1.807, 2.05) is 6.07 Å². The first-order valence-corrected chi connectivity index (χ1v) is 8.25. The second kappa shape index (κ2) is 7.77. The van der Waals surface area contributed by atoms with Crippen LogP contribution in [-0.2, 0) is 16.0 Å². The molecule has 0 spiro atoms. The van der Waals surface area contributed by atoms with Crippen LogP contribution in [0, 0.1) is 0 Å². The Labute approximate surface area is 137 Å². The van der Waals surface area contributed by atoms with E-state index in [1.165, 1.54) is 5.56 Å². The summed E-state index contributed by atoms with van der Waals surface area (Å²) in [7, 11) is 0. The molecular weight excluding hydrogens is 294 g/mol. The molecule has 2 fully saturated rings. The Morgan fingerprint density at radius 2 is 1.96 bits per heavy atom. The smallest absolute Gasteiger partial charge is 0.404 e. The van der Waals surface area contributed by atoms with E-state index in [9.17, 15) is 4.79 Å². The number of carbonyl (C=O) groups excluding carboxylic acids is 1. The average molecular weight is 319 g/mol. The minimum absolute atomic E-state index is 0.141. The van der Waals surface area contributed by atoms with Crippen LogP contribution < -0.4 is 5.73 Å². The molecule has 0 saturated carbocycles. The van der Waals surface area contributed by atoms with Gasteiger partial charge in [-0.25, -0.2) is 4.79 Å². The van der Waals surface area contributed by atoms with E-state index in [1.54, 1.807) is 0 Å². The van der Waals surface area contributed by atoms with Crippen LogP contribution in [0.5, 0.6) is 0 Å². The number of ether oxygens (including phenoxy) is 2. The van der Waals surface area contributed by atoms with E-state index in [4.69, 9.17) is 15.2 Å².